The Kier molecular flexibility index (Phi) is 11.1. The highest BCUT2D eigenvalue weighted by atomic mass is 32.2. The zero-order valence-corrected chi connectivity index (χ0v) is 24.4. The van der Waals surface area contributed by atoms with E-state index in [-0.39, 0.29) is 29.5 Å². The van der Waals surface area contributed by atoms with E-state index in [1.54, 1.807) is 41.9 Å². The zero-order chi connectivity index (χ0) is 30.3. The van der Waals surface area contributed by atoms with Gasteiger partial charge in [0.25, 0.3) is 0 Å². The van der Waals surface area contributed by atoms with Crippen LogP contribution in [0.15, 0.2) is 18.2 Å². The fraction of sp³-hybridized carbons (Fsp3) is 0.577. The molecule has 226 valence electrons. The molecule has 2 aliphatic heterocycles. The molecule has 3 rings (SSSR count). The van der Waals surface area contributed by atoms with Crippen LogP contribution in [0.3, 0.4) is 0 Å². The first-order valence-corrected chi connectivity index (χ1v) is 13.7. The van der Waals surface area contributed by atoms with Gasteiger partial charge in [-0.25, -0.2) is 4.79 Å². The molecule has 1 aromatic carbocycles. The van der Waals surface area contributed by atoms with Crippen LogP contribution >= 0.6 is 11.8 Å². The van der Waals surface area contributed by atoms with Gasteiger partial charge < -0.3 is 43.4 Å². The minimum atomic E-state index is -1.42. The summed E-state index contributed by atoms with van der Waals surface area (Å²) < 4.78 is 39.0. The molecule has 1 aromatic rings. The van der Waals surface area contributed by atoms with E-state index in [0.29, 0.717) is 6.54 Å². The lowest BCUT2D eigenvalue weighted by Gasteiger charge is -2.44. The monoisotopic (exact) mass is 598 g/mol. The second kappa shape index (κ2) is 14.3. The number of carbonyl (C=O) groups is 5. The fourth-order valence-corrected chi connectivity index (χ4v) is 5.69. The maximum Gasteiger partial charge on any atom is 0.318 e. The molecule has 2 amide bonds. The molecule has 41 heavy (non-hydrogen) atoms. The fourth-order valence-electron chi connectivity index (χ4n) is 4.44. The maximum atomic E-state index is 12.3. The van der Waals surface area contributed by atoms with Gasteiger partial charge >= 0.3 is 29.9 Å². The van der Waals surface area contributed by atoms with Crippen LogP contribution in [0.5, 0.6) is 11.5 Å². The molecule has 0 bridgehead atoms. The Balaban J connectivity index is 1.98. The van der Waals surface area contributed by atoms with Gasteiger partial charge in [-0.2, -0.15) is 0 Å². The van der Waals surface area contributed by atoms with Crippen molar-refractivity contribution in [3.8, 4) is 11.5 Å². The number of esters is 4. The van der Waals surface area contributed by atoms with Crippen molar-refractivity contribution in [2.45, 2.75) is 63.8 Å². The van der Waals surface area contributed by atoms with E-state index < -0.39 is 54.6 Å². The minimum Gasteiger partial charge on any atom is -0.493 e. The summed E-state index contributed by atoms with van der Waals surface area (Å²) in [7, 11) is 2.99. The normalized spacial score (nSPS) is 25.5. The number of rotatable bonds is 9. The van der Waals surface area contributed by atoms with Crippen LogP contribution in [0.1, 0.15) is 38.6 Å². The van der Waals surface area contributed by atoms with Gasteiger partial charge in [0.2, 0.25) is 12.4 Å². The number of carbonyl (C=O) groups excluding carboxylic acids is 5. The Morgan fingerprint density at radius 1 is 0.927 bits per heavy atom. The lowest BCUT2D eigenvalue weighted by Crippen LogP contribution is -2.63. The third-order valence-electron chi connectivity index (χ3n) is 6.03. The summed E-state index contributed by atoms with van der Waals surface area (Å²) in [4.78, 5) is 61.6. The van der Waals surface area contributed by atoms with Crippen LogP contribution in [0, 0.1) is 0 Å². The van der Waals surface area contributed by atoms with Gasteiger partial charge in [-0.15, -0.1) is 11.8 Å². The topological polar surface area (TPSA) is 165 Å². The predicted octanol–water partition coefficient (Wildman–Crippen LogP) is 1.54. The van der Waals surface area contributed by atoms with E-state index in [4.69, 9.17) is 33.2 Å². The first-order valence-electron chi connectivity index (χ1n) is 12.7. The van der Waals surface area contributed by atoms with Crippen molar-refractivity contribution in [1.29, 1.82) is 0 Å². The van der Waals surface area contributed by atoms with E-state index in [1.807, 2.05) is 0 Å². The zero-order valence-electron chi connectivity index (χ0n) is 23.6. The van der Waals surface area contributed by atoms with Gasteiger partial charge in [-0.3, -0.25) is 19.2 Å². The second-order valence-electron chi connectivity index (χ2n) is 9.07. The lowest BCUT2D eigenvalue weighted by atomic mass is 9.98. The number of thioether (sulfide) groups is 1. The molecule has 0 aliphatic carbocycles. The molecule has 0 spiro atoms. The van der Waals surface area contributed by atoms with E-state index in [0.717, 1.165) is 32.1 Å². The van der Waals surface area contributed by atoms with Gasteiger partial charge in [-0.05, 0) is 17.7 Å². The highest BCUT2D eigenvalue weighted by Gasteiger charge is 2.53. The smallest absolute Gasteiger partial charge is 0.318 e. The number of nitrogens with one attached hydrogen (secondary N) is 1. The van der Waals surface area contributed by atoms with Crippen LogP contribution in [0.4, 0.5) is 4.79 Å². The van der Waals surface area contributed by atoms with E-state index in [1.165, 1.54) is 14.0 Å². The molecule has 2 aliphatic rings. The molecule has 2 fully saturated rings. The molecule has 1 unspecified atom stereocenters. The van der Waals surface area contributed by atoms with E-state index in [2.05, 4.69) is 5.32 Å². The molecular formula is C26H34N2O12S. The highest BCUT2D eigenvalue weighted by molar-refractivity contribution is 7.99. The number of amides is 2. The van der Waals surface area contributed by atoms with Gasteiger partial charge in [0, 0.05) is 47.0 Å². The standard InChI is InChI=1S/C26H34N2O12S/c1-13(29)35-12-20-21(36-14(2)30)22(37-15(3)31)23(38-16(4)32)25(40-20)39-18-8-7-17(11-19(18)34-6)24-28(9-10-41-24)26(33)27-5/h7-8,11,20-25H,9-10,12H2,1-6H3,(H,27,33)/t20-,21-,22+,23-,24?,25-/m0/s1. The summed E-state index contributed by atoms with van der Waals surface area (Å²) in [6.45, 7) is 4.77. The molecule has 0 saturated carbocycles. The first kappa shape index (κ1) is 31.8. The summed E-state index contributed by atoms with van der Waals surface area (Å²) >= 11 is 1.59. The number of methoxy groups -OCH3 is 1. The molecule has 15 heteroatoms. The molecule has 14 nitrogen and oxygen atoms in total. The van der Waals surface area contributed by atoms with Crippen LogP contribution in [-0.4, -0.2) is 98.6 Å². The summed E-state index contributed by atoms with van der Waals surface area (Å²) in [6, 6.07) is 4.85. The Labute approximate surface area is 241 Å². The largest absolute Gasteiger partial charge is 0.493 e. The van der Waals surface area contributed by atoms with E-state index in [9.17, 15) is 24.0 Å². The van der Waals surface area contributed by atoms with Crippen molar-refractivity contribution in [2.75, 3.05) is 33.1 Å². The number of benzene rings is 1. The quantitative estimate of drug-likeness (QED) is 0.322. The van der Waals surface area contributed by atoms with E-state index >= 15 is 0 Å². The van der Waals surface area contributed by atoms with Gasteiger partial charge in [0.05, 0.1) is 7.11 Å². The number of urea groups is 1. The average molecular weight is 599 g/mol. The number of hydrogen-bond acceptors (Lipinski definition) is 13. The Morgan fingerprint density at radius 2 is 1.56 bits per heavy atom. The summed E-state index contributed by atoms with van der Waals surface area (Å²) in [5.41, 5.74) is 0.779. The summed E-state index contributed by atoms with van der Waals surface area (Å²) in [6.07, 6.45) is -6.66. The molecule has 0 aromatic heterocycles. The predicted molar refractivity (Wildman–Crippen MR) is 142 cm³/mol. The molecule has 6 atom stereocenters. The van der Waals surface area contributed by atoms with Crippen molar-refractivity contribution in [3.05, 3.63) is 23.8 Å². The van der Waals surface area contributed by atoms with Crippen LogP contribution in [0.2, 0.25) is 0 Å². The SMILES string of the molecule is CNC(=O)N1CCSC1c1ccc(O[C@H]2O[C@@H](COC(C)=O)[C@H](OC(C)=O)[C@@H](OC(C)=O)[C@@H]2OC(C)=O)c(OC)c1. The van der Waals surface area contributed by atoms with Gasteiger partial charge in [-0.1, -0.05) is 6.07 Å². The van der Waals surface area contributed by atoms with Crippen molar-refractivity contribution < 1.29 is 57.1 Å². The molecule has 0 radical (unpaired) electrons. The van der Waals surface area contributed by atoms with Crippen molar-refractivity contribution in [1.82, 2.24) is 10.2 Å². The third-order valence-corrected chi connectivity index (χ3v) is 7.29. The van der Waals surface area contributed by atoms with Crippen molar-refractivity contribution >= 4 is 41.7 Å². The third kappa shape index (κ3) is 8.16. The van der Waals surface area contributed by atoms with Crippen LogP contribution in [0.25, 0.3) is 0 Å². The lowest BCUT2D eigenvalue weighted by molar-refractivity contribution is -0.288. The Bertz CT molecular complexity index is 1150. The first-order chi connectivity index (χ1) is 19.4. The van der Waals surface area contributed by atoms with Crippen LogP contribution < -0.4 is 14.8 Å². The van der Waals surface area contributed by atoms with Crippen molar-refractivity contribution in [3.63, 3.8) is 0 Å². The Morgan fingerprint density at radius 3 is 2.15 bits per heavy atom. The van der Waals surface area contributed by atoms with Crippen molar-refractivity contribution in [2.24, 2.45) is 0 Å². The number of hydrogen-bond donors (Lipinski definition) is 1. The summed E-state index contributed by atoms with van der Waals surface area (Å²) in [5.74, 6) is -1.67. The molecule has 1 N–H and O–H groups in total. The number of nitrogens with zero attached hydrogens (tertiary/aromatic N) is 1. The maximum absolute atomic E-state index is 12.3. The molecular weight excluding hydrogens is 564 g/mol. The van der Waals surface area contributed by atoms with Crippen LogP contribution in [-0.2, 0) is 42.9 Å². The average Bonchev–Trinajstić information content (AvgIpc) is 3.40. The molecule has 2 heterocycles. The number of ether oxygens (including phenoxy) is 7. The highest BCUT2D eigenvalue weighted by Crippen LogP contribution is 2.42. The Hall–Kier alpha value is -3.72. The minimum absolute atomic E-state index is 0.173. The van der Waals surface area contributed by atoms with Gasteiger partial charge in [0.15, 0.2) is 23.7 Å². The molecule has 2 saturated heterocycles. The second-order valence-corrected chi connectivity index (χ2v) is 10.3. The van der Waals surface area contributed by atoms with Gasteiger partial charge in [0.1, 0.15) is 18.1 Å². The summed E-state index contributed by atoms with van der Waals surface area (Å²) in [5, 5.41) is 2.38.